The Kier molecular flexibility index (Phi) is 6.62. The number of phenols is 1. The molecule has 2 aliphatic rings. The van der Waals surface area contributed by atoms with Gasteiger partial charge in [0.05, 0.1) is 0 Å². The zero-order chi connectivity index (χ0) is 21.8. The fourth-order valence-electron chi connectivity index (χ4n) is 4.82. The molecule has 2 aromatic carbocycles. The van der Waals surface area contributed by atoms with Crippen LogP contribution in [0.5, 0.6) is 5.75 Å². The number of phenolic OH excluding ortho intramolecular Hbond substituents is 1. The van der Waals surface area contributed by atoms with Crippen molar-refractivity contribution in [1.82, 2.24) is 4.90 Å². The van der Waals surface area contributed by atoms with Crippen molar-refractivity contribution in [1.29, 1.82) is 0 Å². The molecule has 2 heterocycles. The first kappa shape index (κ1) is 21.5. The van der Waals surface area contributed by atoms with Crippen LogP contribution in [-0.4, -0.2) is 36.2 Å². The summed E-state index contributed by atoms with van der Waals surface area (Å²) in [7, 11) is 0. The number of benzene rings is 2. The third-order valence-corrected chi connectivity index (χ3v) is 6.51. The van der Waals surface area contributed by atoms with Gasteiger partial charge in [0.15, 0.2) is 0 Å². The highest BCUT2D eigenvalue weighted by atomic mass is 16.3. The van der Waals surface area contributed by atoms with Gasteiger partial charge in [0.2, 0.25) is 0 Å². The highest BCUT2D eigenvalue weighted by Gasteiger charge is 2.24. The summed E-state index contributed by atoms with van der Waals surface area (Å²) in [5.41, 5.74) is 10.3. The number of nitrogens with one attached hydrogen (secondary N) is 1. The zero-order valence-corrected chi connectivity index (χ0v) is 18.9. The first-order chi connectivity index (χ1) is 15.0. The lowest BCUT2D eigenvalue weighted by Gasteiger charge is -2.35. The Bertz CT molecular complexity index is 1030. The second-order valence-corrected chi connectivity index (χ2v) is 8.90. The Labute approximate surface area is 186 Å². The number of anilines is 1. The molecule has 3 nitrogen and oxygen atoms in total. The summed E-state index contributed by atoms with van der Waals surface area (Å²) < 4.78 is 0. The van der Waals surface area contributed by atoms with Gasteiger partial charge in [-0.3, -0.25) is 4.90 Å². The van der Waals surface area contributed by atoms with Crippen LogP contribution in [0, 0.1) is 6.92 Å². The van der Waals surface area contributed by atoms with Gasteiger partial charge in [-0.15, -0.1) is 0 Å². The molecule has 2 N–H and O–H groups in total. The van der Waals surface area contributed by atoms with Crippen molar-refractivity contribution < 1.29 is 5.11 Å². The number of nitrogens with zero attached hydrogens (tertiary/aromatic N) is 1. The molecule has 0 fully saturated rings. The van der Waals surface area contributed by atoms with Crippen molar-refractivity contribution in [2.24, 2.45) is 0 Å². The Balaban J connectivity index is 1.31. The zero-order valence-electron chi connectivity index (χ0n) is 18.9. The third-order valence-electron chi connectivity index (χ3n) is 6.51. The average Bonchev–Trinajstić information content (AvgIpc) is 2.76. The molecule has 3 heteroatoms. The van der Waals surface area contributed by atoms with E-state index in [1.165, 1.54) is 46.3 Å². The average molecular weight is 415 g/mol. The number of allylic oxidation sites excluding steroid dienone is 3. The number of rotatable bonds is 7. The summed E-state index contributed by atoms with van der Waals surface area (Å²) >= 11 is 0. The van der Waals surface area contributed by atoms with Gasteiger partial charge in [0.1, 0.15) is 5.75 Å². The summed E-state index contributed by atoms with van der Waals surface area (Å²) in [6.45, 7) is 12.7. The molecule has 0 aromatic heterocycles. The van der Waals surface area contributed by atoms with Crippen molar-refractivity contribution in [3.63, 3.8) is 0 Å². The number of unbranched alkanes of at least 4 members (excludes halogenated alkanes) is 2. The number of hydrogen-bond acceptors (Lipinski definition) is 3. The molecular weight excluding hydrogens is 380 g/mol. The van der Waals surface area contributed by atoms with E-state index in [9.17, 15) is 5.11 Å². The van der Waals surface area contributed by atoms with Gasteiger partial charge in [-0.25, -0.2) is 0 Å². The molecule has 31 heavy (non-hydrogen) atoms. The number of aromatic hydroxyl groups is 1. The van der Waals surface area contributed by atoms with E-state index in [-0.39, 0.29) is 0 Å². The van der Waals surface area contributed by atoms with E-state index in [1.807, 2.05) is 12.1 Å². The summed E-state index contributed by atoms with van der Waals surface area (Å²) in [6, 6.07) is 14.2. The molecule has 0 bridgehead atoms. The Morgan fingerprint density at radius 1 is 1.19 bits per heavy atom. The molecule has 0 radical (unpaired) electrons. The molecule has 162 valence electrons. The van der Waals surface area contributed by atoms with Crippen molar-refractivity contribution in [2.75, 3.05) is 31.5 Å². The molecule has 2 aliphatic heterocycles. The molecule has 0 atom stereocenters. The van der Waals surface area contributed by atoms with Crippen LogP contribution in [-0.2, 0) is 0 Å². The van der Waals surface area contributed by atoms with Gasteiger partial charge < -0.3 is 10.4 Å². The highest BCUT2D eigenvalue weighted by molar-refractivity contribution is 5.83. The Morgan fingerprint density at radius 3 is 2.84 bits per heavy atom. The fraction of sp³-hybridized carbons (Fsp3) is 0.357. The van der Waals surface area contributed by atoms with E-state index < -0.39 is 0 Å². The first-order valence-corrected chi connectivity index (χ1v) is 11.5. The monoisotopic (exact) mass is 414 g/mol. The second kappa shape index (κ2) is 9.57. The minimum Gasteiger partial charge on any atom is -0.508 e. The van der Waals surface area contributed by atoms with Crippen LogP contribution in [0.1, 0.15) is 49.3 Å². The Hall–Kier alpha value is -2.78. The molecule has 2 aromatic rings. The SMILES string of the molecule is C=C(C)/C(=C/CCCCN1CCC2=C(CNc3ccc(O)cc32)C1)c1ccccc1C. The second-order valence-electron chi connectivity index (χ2n) is 8.90. The predicted octanol–water partition coefficient (Wildman–Crippen LogP) is 6.42. The van der Waals surface area contributed by atoms with Crippen LogP contribution in [0.2, 0.25) is 0 Å². The molecular formula is C28H34N2O. The molecule has 4 rings (SSSR count). The van der Waals surface area contributed by atoms with Gasteiger partial charge in [-0.2, -0.15) is 0 Å². The van der Waals surface area contributed by atoms with E-state index >= 15 is 0 Å². The smallest absolute Gasteiger partial charge is 0.116 e. The van der Waals surface area contributed by atoms with Crippen LogP contribution < -0.4 is 5.32 Å². The van der Waals surface area contributed by atoms with Crippen LogP contribution in [0.4, 0.5) is 5.69 Å². The van der Waals surface area contributed by atoms with Crippen LogP contribution in [0.3, 0.4) is 0 Å². The maximum absolute atomic E-state index is 9.89. The van der Waals surface area contributed by atoms with E-state index in [0.29, 0.717) is 5.75 Å². The maximum Gasteiger partial charge on any atom is 0.116 e. The van der Waals surface area contributed by atoms with Crippen molar-refractivity contribution >= 4 is 16.8 Å². The van der Waals surface area contributed by atoms with Crippen molar-refractivity contribution in [2.45, 2.75) is 39.5 Å². The minimum absolute atomic E-state index is 0.351. The molecule has 0 amide bonds. The van der Waals surface area contributed by atoms with Crippen LogP contribution in [0.25, 0.3) is 11.1 Å². The van der Waals surface area contributed by atoms with Crippen molar-refractivity contribution in [3.8, 4) is 5.75 Å². The number of aryl methyl sites for hydroxylation is 1. The molecule has 0 aliphatic carbocycles. The van der Waals surface area contributed by atoms with Crippen LogP contribution >= 0.6 is 0 Å². The molecule has 0 saturated heterocycles. The standard InChI is InChI=1S/C28H34N2O/c1-20(2)24(25-11-7-6-9-21(25)3)10-5-4-8-15-30-16-14-26-22(19-30)18-29-28-13-12-23(31)17-27(26)28/h6-7,9-13,17,29,31H,1,4-5,8,14-16,18-19H2,2-3H3/b24-10-. The van der Waals surface area contributed by atoms with Gasteiger partial charge in [0.25, 0.3) is 0 Å². The highest BCUT2D eigenvalue weighted by Crippen LogP contribution is 2.37. The normalized spacial score (nSPS) is 16.5. The van der Waals surface area contributed by atoms with Gasteiger partial charge in [-0.1, -0.05) is 42.5 Å². The molecule has 0 unspecified atom stereocenters. The van der Waals surface area contributed by atoms with Crippen molar-refractivity contribution in [3.05, 3.63) is 83.0 Å². The van der Waals surface area contributed by atoms with Gasteiger partial charge in [0, 0.05) is 30.9 Å². The number of hydrogen-bond donors (Lipinski definition) is 2. The summed E-state index contributed by atoms with van der Waals surface area (Å²) in [4.78, 5) is 2.58. The van der Waals surface area contributed by atoms with E-state index in [0.717, 1.165) is 50.3 Å². The summed E-state index contributed by atoms with van der Waals surface area (Å²) in [5.74, 6) is 0.351. The lowest BCUT2D eigenvalue weighted by atomic mass is 9.89. The largest absolute Gasteiger partial charge is 0.508 e. The Morgan fingerprint density at radius 2 is 2.03 bits per heavy atom. The minimum atomic E-state index is 0.351. The van der Waals surface area contributed by atoms with Gasteiger partial charge >= 0.3 is 0 Å². The lowest BCUT2D eigenvalue weighted by molar-refractivity contribution is 0.286. The number of fused-ring (bicyclic) bond motifs is 2. The van der Waals surface area contributed by atoms with E-state index in [1.54, 1.807) is 6.07 Å². The van der Waals surface area contributed by atoms with E-state index in [2.05, 4.69) is 61.0 Å². The quantitative estimate of drug-likeness (QED) is 0.312. The topological polar surface area (TPSA) is 35.5 Å². The van der Waals surface area contributed by atoms with Crippen LogP contribution in [0.15, 0.2) is 66.3 Å². The predicted molar refractivity (Wildman–Crippen MR) is 132 cm³/mol. The summed E-state index contributed by atoms with van der Waals surface area (Å²) in [5, 5.41) is 13.4. The molecule has 0 saturated carbocycles. The first-order valence-electron chi connectivity index (χ1n) is 11.5. The maximum atomic E-state index is 9.89. The molecule has 0 spiro atoms. The fourth-order valence-corrected chi connectivity index (χ4v) is 4.82. The summed E-state index contributed by atoms with van der Waals surface area (Å²) in [6.07, 6.45) is 6.93. The van der Waals surface area contributed by atoms with Gasteiger partial charge in [-0.05, 0) is 92.1 Å². The third kappa shape index (κ3) is 4.94. The lowest BCUT2D eigenvalue weighted by Crippen LogP contribution is -2.35. The van der Waals surface area contributed by atoms with E-state index in [4.69, 9.17) is 0 Å².